The van der Waals surface area contributed by atoms with Gasteiger partial charge in [0.15, 0.2) is 5.82 Å². The third-order valence-electron chi connectivity index (χ3n) is 5.56. The predicted molar refractivity (Wildman–Crippen MR) is 117 cm³/mol. The molecule has 0 saturated heterocycles. The summed E-state index contributed by atoms with van der Waals surface area (Å²) in [6.07, 6.45) is 6.79. The highest BCUT2D eigenvalue weighted by Crippen LogP contribution is 2.23. The molecule has 4 aromatic rings. The van der Waals surface area contributed by atoms with Crippen LogP contribution in [0.5, 0.6) is 0 Å². The lowest BCUT2D eigenvalue weighted by Gasteiger charge is -2.28. The Labute approximate surface area is 176 Å². The van der Waals surface area contributed by atoms with Crippen LogP contribution in [0.4, 0.5) is 5.69 Å². The molecule has 0 fully saturated rings. The van der Waals surface area contributed by atoms with Gasteiger partial charge in [0.1, 0.15) is 0 Å². The van der Waals surface area contributed by atoms with Gasteiger partial charge in [0, 0.05) is 61.8 Å². The summed E-state index contributed by atoms with van der Waals surface area (Å²) in [4.78, 5) is 16.2. The summed E-state index contributed by atoms with van der Waals surface area (Å²) in [6, 6.07) is 18.2. The molecule has 5 rings (SSSR count). The van der Waals surface area contributed by atoms with Crippen molar-refractivity contribution < 1.29 is 0 Å². The van der Waals surface area contributed by atoms with E-state index >= 15 is 0 Å². The Kier molecular flexibility index (Phi) is 4.99. The van der Waals surface area contributed by atoms with E-state index in [9.17, 15) is 0 Å². The van der Waals surface area contributed by atoms with Crippen LogP contribution >= 0.6 is 0 Å². The van der Waals surface area contributed by atoms with Gasteiger partial charge in [-0.25, -0.2) is 15.0 Å². The molecular weight excluding hydrogens is 372 g/mol. The Morgan fingerprint density at radius 1 is 0.933 bits per heavy atom. The summed E-state index contributed by atoms with van der Waals surface area (Å²) in [7, 11) is 0. The Hall–Kier alpha value is -3.51. The second kappa shape index (κ2) is 8.08. The zero-order valence-corrected chi connectivity index (χ0v) is 16.8. The summed E-state index contributed by atoms with van der Waals surface area (Å²) in [5, 5.41) is 0. The van der Waals surface area contributed by atoms with Crippen molar-refractivity contribution in [2.24, 2.45) is 0 Å². The van der Waals surface area contributed by atoms with Crippen LogP contribution in [0.2, 0.25) is 0 Å². The smallest absolute Gasteiger partial charge is 0.159 e. The second-order valence-electron chi connectivity index (χ2n) is 7.75. The Morgan fingerprint density at radius 2 is 1.77 bits per heavy atom. The van der Waals surface area contributed by atoms with Crippen molar-refractivity contribution in [1.82, 2.24) is 24.4 Å². The zero-order chi connectivity index (χ0) is 20.3. The maximum absolute atomic E-state index is 5.79. The molecule has 2 N–H and O–H groups in total. The molecule has 1 aliphatic heterocycles. The molecule has 0 spiro atoms. The standard InChI is InChI=1S/C24H24N6/c25-21-8-6-19(7-9-21)24-27-12-20-15-29(11-10-23(20)28-24)16-22-13-26-17-30(22)14-18-4-2-1-3-5-18/h1-9,12-13,17H,10-11,14-16,25H2. The predicted octanol–water partition coefficient (Wildman–Crippen LogP) is 3.53. The van der Waals surface area contributed by atoms with Gasteiger partial charge in [0.25, 0.3) is 0 Å². The first-order chi connectivity index (χ1) is 14.7. The monoisotopic (exact) mass is 396 g/mol. The number of hydrogen-bond acceptors (Lipinski definition) is 5. The normalized spacial score (nSPS) is 13.9. The van der Waals surface area contributed by atoms with Gasteiger partial charge in [-0.15, -0.1) is 0 Å². The average molecular weight is 396 g/mol. The van der Waals surface area contributed by atoms with Gasteiger partial charge >= 0.3 is 0 Å². The van der Waals surface area contributed by atoms with Crippen LogP contribution in [0.1, 0.15) is 22.5 Å². The fourth-order valence-electron chi connectivity index (χ4n) is 3.91. The Balaban J connectivity index is 1.29. The molecule has 0 saturated carbocycles. The summed E-state index contributed by atoms with van der Waals surface area (Å²) < 4.78 is 2.23. The van der Waals surface area contributed by atoms with Gasteiger partial charge in [-0.05, 0) is 29.8 Å². The molecule has 30 heavy (non-hydrogen) atoms. The largest absolute Gasteiger partial charge is 0.399 e. The first-order valence-electron chi connectivity index (χ1n) is 10.2. The lowest BCUT2D eigenvalue weighted by atomic mass is 10.1. The highest BCUT2D eigenvalue weighted by atomic mass is 15.2. The Morgan fingerprint density at radius 3 is 2.60 bits per heavy atom. The molecule has 0 aliphatic carbocycles. The lowest BCUT2D eigenvalue weighted by molar-refractivity contribution is 0.237. The lowest BCUT2D eigenvalue weighted by Crippen LogP contribution is -2.31. The topological polar surface area (TPSA) is 72.9 Å². The van der Waals surface area contributed by atoms with Crippen LogP contribution in [0, 0.1) is 0 Å². The minimum absolute atomic E-state index is 0.749. The molecule has 0 atom stereocenters. The van der Waals surface area contributed by atoms with Gasteiger partial charge in [-0.3, -0.25) is 4.90 Å². The number of nitrogen functional groups attached to an aromatic ring is 1. The van der Waals surface area contributed by atoms with Crippen LogP contribution in [-0.4, -0.2) is 31.0 Å². The zero-order valence-electron chi connectivity index (χ0n) is 16.8. The summed E-state index contributed by atoms with van der Waals surface area (Å²) in [6.45, 7) is 3.54. The SMILES string of the molecule is Nc1ccc(-c2ncc3c(n2)CCN(Cc2cncn2Cc2ccccc2)C3)cc1. The van der Waals surface area contributed by atoms with Gasteiger partial charge in [0.05, 0.1) is 17.7 Å². The summed E-state index contributed by atoms with van der Waals surface area (Å²) >= 11 is 0. The summed E-state index contributed by atoms with van der Waals surface area (Å²) in [5.41, 5.74) is 12.4. The number of imidazole rings is 1. The van der Waals surface area contributed by atoms with Crippen LogP contribution in [0.15, 0.2) is 73.3 Å². The third-order valence-corrected chi connectivity index (χ3v) is 5.56. The second-order valence-corrected chi connectivity index (χ2v) is 7.75. The Bertz CT molecular complexity index is 1130. The van der Waals surface area contributed by atoms with Gasteiger partial charge in [0.2, 0.25) is 0 Å². The maximum atomic E-state index is 5.79. The first kappa shape index (κ1) is 18.5. The maximum Gasteiger partial charge on any atom is 0.159 e. The van der Waals surface area contributed by atoms with E-state index in [1.165, 1.54) is 16.8 Å². The molecule has 0 unspecified atom stereocenters. The van der Waals surface area contributed by atoms with Crippen molar-refractivity contribution >= 4 is 5.69 Å². The van der Waals surface area contributed by atoms with Gasteiger partial charge in [-0.1, -0.05) is 30.3 Å². The quantitative estimate of drug-likeness (QED) is 0.523. The van der Waals surface area contributed by atoms with Crippen molar-refractivity contribution in [3.63, 3.8) is 0 Å². The van der Waals surface area contributed by atoms with Crippen LogP contribution in [-0.2, 0) is 26.1 Å². The van der Waals surface area contributed by atoms with Crippen LogP contribution in [0.3, 0.4) is 0 Å². The molecule has 0 amide bonds. The number of rotatable bonds is 5. The molecule has 3 heterocycles. The van der Waals surface area contributed by atoms with Gasteiger partial charge in [-0.2, -0.15) is 0 Å². The molecule has 150 valence electrons. The van der Waals surface area contributed by atoms with E-state index in [2.05, 4.69) is 43.7 Å². The van der Waals surface area contributed by atoms with Crippen molar-refractivity contribution in [2.75, 3.05) is 12.3 Å². The average Bonchev–Trinajstić information content (AvgIpc) is 3.21. The molecule has 6 nitrogen and oxygen atoms in total. The van der Waals surface area contributed by atoms with Gasteiger partial charge < -0.3 is 10.3 Å². The molecule has 1 aliphatic rings. The number of nitrogens with zero attached hydrogens (tertiary/aromatic N) is 5. The molecule has 0 bridgehead atoms. The van der Waals surface area contributed by atoms with E-state index in [4.69, 9.17) is 10.7 Å². The van der Waals surface area contributed by atoms with Crippen molar-refractivity contribution in [3.8, 4) is 11.4 Å². The number of hydrogen-bond donors (Lipinski definition) is 1. The van der Waals surface area contributed by atoms with Crippen molar-refractivity contribution in [2.45, 2.75) is 26.1 Å². The van der Waals surface area contributed by atoms with E-state index in [-0.39, 0.29) is 0 Å². The molecule has 0 radical (unpaired) electrons. The van der Waals surface area contributed by atoms with E-state index in [1.54, 1.807) is 0 Å². The number of benzene rings is 2. The van der Waals surface area contributed by atoms with E-state index in [0.717, 1.165) is 55.4 Å². The number of aromatic nitrogens is 4. The highest BCUT2D eigenvalue weighted by Gasteiger charge is 2.20. The fraction of sp³-hybridized carbons (Fsp3) is 0.208. The van der Waals surface area contributed by atoms with Crippen LogP contribution in [0.25, 0.3) is 11.4 Å². The molecule has 2 aromatic carbocycles. The fourth-order valence-corrected chi connectivity index (χ4v) is 3.91. The minimum Gasteiger partial charge on any atom is -0.399 e. The van der Waals surface area contributed by atoms with Crippen molar-refractivity contribution in [3.05, 3.63) is 95.8 Å². The highest BCUT2D eigenvalue weighted by molar-refractivity contribution is 5.58. The van der Waals surface area contributed by atoms with E-state index < -0.39 is 0 Å². The number of nitrogens with two attached hydrogens (primary N) is 1. The molecular formula is C24H24N6. The van der Waals surface area contributed by atoms with E-state index in [1.807, 2.05) is 49.1 Å². The minimum atomic E-state index is 0.749. The van der Waals surface area contributed by atoms with Crippen LogP contribution < -0.4 is 5.73 Å². The third kappa shape index (κ3) is 3.95. The van der Waals surface area contributed by atoms with Crippen molar-refractivity contribution in [1.29, 1.82) is 0 Å². The number of anilines is 1. The van der Waals surface area contributed by atoms with E-state index in [0.29, 0.717) is 0 Å². The number of fused-ring (bicyclic) bond motifs is 1. The first-order valence-corrected chi connectivity index (χ1v) is 10.2. The molecule has 6 heteroatoms. The summed E-state index contributed by atoms with van der Waals surface area (Å²) in [5.74, 6) is 0.767. The molecule has 2 aromatic heterocycles.